The molecule has 1 aromatic heterocycles. The molecular formula is C10H16N4O2. The second kappa shape index (κ2) is 4.98. The van der Waals surface area contributed by atoms with Crippen LogP contribution in [0.25, 0.3) is 0 Å². The van der Waals surface area contributed by atoms with Crippen LogP contribution in [0.3, 0.4) is 0 Å². The Balaban J connectivity index is 1.82. The van der Waals surface area contributed by atoms with Gasteiger partial charge in [0, 0.05) is 32.2 Å². The zero-order valence-corrected chi connectivity index (χ0v) is 9.35. The van der Waals surface area contributed by atoms with E-state index in [1.54, 1.807) is 11.0 Å². The molecule has 16 heavy (non-hydrogen) atoms. The molecular weight excluding hydrogens is 208 g/mol. The minimum Gasteiger partial charge on any atom is -0.338 e. The van der Waals surface area contributed by atoms with E-state index in [4.69, 9.17) is 4.52 Å². The van der Waals surface area contributed by atoms with E-state index >= 15 is 0 Å². The number of amides is 2. The molecule has 1 fully saturated rings. The van der Waals surface area contributed by atoms with Crippen molar-refractivity contribution in [2.24, 2.45) is 0 Å². The molecule has 6 heteroatoms. The highest BCUT2D eigenvalue weighted by Gasteiger charge is 2.20. The molecule has 0 unspecified atom stereocenters. The van der Waals surface area contributed by atoms with Gasteiger partial charge in [-0.15, -0.1) is 0 Å². The molecule has 0 radical (unpaired) electrons. The summed E-state index contributed by atoms with van der Waals surface area (Å²) in [7, 11) is 0. The van der Waals surface area contributed by atoms with Crippen molar-refractivity contribution in [1.82, 2.24) is 15.0 Å². The maximum atomic E-state index is 11.8. The van der Waals surface area contributed by atoms with Crippen LogP contribution in [0.15, 0.2) is 16.8 Å². The number of likely N-dealkylation sites (N-methyl/N-ethyl adjacent to an activating group) is 1. The van der Waals surface area contributed by atoms with Gasteiger partial charge in [-0.25, -0.2) is 4.79 Å². The van der Waals surface area contributed by atoms with Gasteiger partial charge >= 0.3 is 6.03 Å². The van der Waals surface area contributed by atoms with Gasteiger partial charge in [0.1, 0.15) is 0 Å². The molecule has 1 aromatic rings. The van der Waals surface area contributed by atoms with Gasteiger partial charge in [-0.2, -0.15) is 0 Å². The predicted molar refractivity (Wildman–Crippen MR) is 59.2 cm³/mol. The summed E-state index contributed by atoms with van der Waals surface area (Å²) in [6.07, 6.45) is 1.50. The molecule has 0 saturated carbocycles. The lowest BCUT2D eigenvalue weighted by Gasteiger charge is -2.33. The molecule has 0 atom stereocenters. The van der Waals surface area contributed by atoms with E-state index in [1.807, 2.05) is 0 Å². The topological polar surface area (TPSA) is 61.6 Å². The van der Waals surface area contributed by atoms with E-state index in [0.29, 0.717) is 5.88 Å². The van der Waals surface area contributed by atoms with Crippen LogP contribution in [0.2, 0.25) is 0 Å². The van der Waals surface area contributed by atoms with Gasteiger partial charge in [0.25, 0.3) is 0 Å². The van der Waals surface area contributed by atoms with Crippen molar-refractivity contribution >= 4 is 11.9 Å². The van der Waals surface area contributed by atoms with Crippen LogP contribution in [0.4, 0.5) is 10.7 Å². The largest absolute Gasteiger partial charge is 0.338 e. The molecule has 2 heterocycles. The van der Waals surface area contributed by atoms with E-state index in [2.05, 4.69) is 22.3 Å². The standard InChI is InChI=1S/C10H16N4O2/c1-2-13-5-7-14(8-6-13)10(15)12-9-3-4-11-16-9/h3-4H,2,5-8H2,1H3,(H,12,15). The molecule has 0 bridgehead atoms. The number of nitrogens with one attached hydrogen (secondary N) is 1. The zero-order valence-electron chi connectivity index (χ0n) is 9.35. The van der Waals surface area contributed by atoms with Crippen molar-refractivity contribution in [1.29, 1.82) is 0 Å². The Morgan fingerprint density at radius 3 is 2.81 bits per heavy atom. The van der Waals surface area contributed by atoms with Crippen LogP contribution in [-0.4, -0.2) is 53.7 Å². The Morgan fingerprint density at radius 1 is 1.50 bits per heavy atom. The summed E-state index contributed by atoms with van der Waals surface area (Å²) < 4.78 is 4.82. The fourth-order valence-electron chi connectivity index (χ4n) is 1.73. The van der Waals surface area contributed by atoms with Gasteiger partial charge in [-0.1, -0.05) is 12.1 Å². The third-order valence-electron chi connectivity index (χ3n) is 2.77. The predicted octanol–water partition coefficient (Wildman–Crippen LogP) is 0.844. The Labute approximate surface area is 94.2 Å². The van der Waals surface area contributed by atoms with Crippen LogP contribution >= 0.6 is 0 Å². The van der Waals surface area contributed by atoms with E-state index in [-0.39, 0.29) is 6.03 Å². The van der Waals surface area contributed by atoms with Crippen LogP contribution < -0.4 is 5.32 Å². The molecule has 2 amide bonds. The fourth-order valence-corrected chi connectivity index (χ4v) is 1.73. The second-order valence-electron chi connectivity index (χ2n) is 3.73. The number of piperazine rings is 1. The summed E-state index contributed by atoms with van der Waals surface area (Å²) >= 11 is 0. The van der Waals surface area contributed by atoms with Gasteiger partial charge in [-0.3, -0.25) is 5.32 Å². The number of hydrogen-bond donors (Lipinski definition) is 1. The first-order valence-corrected chi connectivity index (χ1v) is 5.48. The van der Waals surface area contributed by atoms with Gasteiger partial charge in [0.2, 0.25) is 5.88 Å². The van der Waals surface area contributed by atoms with E-state index in [0.717, 1.165) is 32.7 Å². The van der Waals surface area contributed by atoms with E-state index in [1.165, 1.54) is 6.20 Å². The number of carbonyl (C=O) groups is 1. The fraction of sp³-hybridized carbons (Fsp3) is 0.600. The normalized spacial score (nSPS) is 17.4. The number of anilines is 1. The molecule has 0 aliphatic carbocycles. The highest BCUT2D eigenvalue weighted by atomic mass is 16.5. The molecule has 0 aromatic carbocycles. The average Bonchev–Trinajstić information content (AvgIpc) is 2.82. The lowest BCUT2D eigenvalue weighted by atomic mass is 10.3. The third kappa shape index (κ3) is 2.52. The SMILES string of the molecule is CCN1CCN(C(=O)Nc2ccno2)CC1. The molecule has 6 nitrogen and oxygen atoms in total. The lowest BCUT2D eigenvalue weighted by Crippen LogP contribution is -2.49. The maximum Gasteiger partial charge on any atom is 0.324 e. The monoisotopic (exact) mass is 224 g/mol. The van der Waals surface area contributed by atoms with E-state index < -0.39 is 0 Å². The first kappa shape index (κ1) is 10.9. The van der Waals surface area contributed by atoms with Crippen molar-refractivity contribution in [2.45, 2.75) is 6.92 Å². The number of aromatic nitrogens is 1. The van der Waals surface area contributed by atoms with Gasteiger partial charge in [0.05, 0.1) is 6.20 Å². The lowest BCUT2D eigenvalue weighted by molar-refractivity contribution is 0.151. The van der Waals surface area contributed by atoms with Crippen molar-refractivity contribution in [3.05, 3.63) is 12.3 Å². The molecule has 1 N–H and O–H groups in total. The minimum atomic E-state index is -0.118. The summed E-state index contributed by atoms with van der Waals surface area (Å²) in [6.45, 7) is 6.55. The van der Waals surface area contributed by atoms with Gasteiger partial charge < -0.3 is 14.3 Å². The van der Waals surface area contributed by atoms with Crippen molar-refractivity contribution < 1.29 is 9.32 Å². The molecule has 0 spiro atoms. The molecule has 88 valence electrons. The quantitative estimate of drug-likeness (QED) is 0.808. The average molecular weight is 224 g/mol. The highest BCUT2D eigenvalue weighted by Crippen LogP contribution is 2.07. The van der Waals surface area contributed by atoms with E-state index in [9.17, 15) is 4.79 Å². The van der Waals surface area contributed by atoms with Crippen LogP contribution in [0.5, 0.6) is 0 Å². The summed E-state index contributed by atoms with van der Waals surface area (Å²) in [5, 5.41) is 6.19. The summed E-state index contributed by atoms with van der Waals surface area (Å²) in [4.78, 5) is 15.9. The zero-order chi connectivity index (χ0) is 11.4. The first-order valence-electron chi connectivity index (χ1n) is 5.48. The first-order chi connectivity index (χ1) is 7.79. The minimum absolute atomic E-state index is 0.118. The van der Waals surface area contributed by atoms with Crippen molar-refractivity contribution in [2.75, 3.05) is 38.0 Å². The van der Waals surface area contributed by atoms with Crippen LogP contribution in [0, 0.1) is 0 Å². The highest BCUT2D eigenvalue weighted by molar-refractivity contribution is 5.87. The smallest absolute Gasteiger partial charge is 0.324 e. The summed E-state index contributed by atoms with van der Waals surface area (Å²) in [6, 6.07) is 1.51. The Bertz CT molecular complexity index is 331. The van der Waals surface area contributed by atoms with Crippen LogP contribution in [-0.2, 0) is 0 Å². The Hall–Kier alpha value is -1.56. The number of carbonyl (C=O) groups excluding carboxylic acids is 1. The number of hydrogen-bond acceptors (Lipinski definition) is 4. The maximum absolute atomic E-state index is 11.8. The Morgan fingerprint density at radius 2 is 2.25 bits per heavy atom. The molecule has 1 aliphatic rings. The van der Waals surface area contributed by atoms with Crippen LogP contribution in [0.1, 0.15) is 6.92 Å². The van der Waals surface area contributed by atoms with Crippen molar-refractivity contribution in [3.8, 4) is 0 Å². The molecule has 1 aliphatic heterocycles. The summed E-state index contributed by atoms with van der Waals surface area (Å²) in [5.41, 5.74) is 0. The second-order valence-corrected chi connectivity index (χ2v) is 3.73. The van der Waals surface area contributed by atoms with Crippen molar-refractivity contribution in [3.63, 3.8) is 0 Å². The number of rotatable bonds is 2. The number of nitrogens with zero attached hydrogens (tertiary/aromatic N) is 3. The Kier molecular flexibility index (Phi) is 3.40. The third-order valence-corrected chi connectivity index (χ3v) is 2.77. The molecule has 2 rings (SSSR count). The molecule has 1 saturated heterocycles. The van der Waals surface area contributed by atoms with Gasteiger partial charge in [-0.05, 0) is 6.54 Å². The van der Waals surface area contributed by atoms with Gasteiger partial charge in [0.15, 0.2) is 0 Å². The number of urea groups is 1. The summed E-state index contributed by atoms with van der Waals surface area (Å²) in [5.74, 6) is 0.392.